The molecule has 0 amide bonds. The molecule has 0 bridgehead atoms. The first-order valence-corrected chi connectivity index (χ1v) is 9.34. The summed E-state index contributed by atoms with van der Waals surface area (Å²) in [6, 6.07) is 2.75. The van der Waals surface area contributed by atoms with E-state index < -0.39 is 38.9 Å². The molecule has 1 saturated heterocycles. The minimum atomic E-state index is -0.989. The molecule has 3 atom stereocenters. The van der Waals surface area contributed by atoms with Gasteiger partial charge in [0.05, 0.1) is 16.3 Å². The Bertz CT molecular complexity index is 894. The molecule has 0 aromatic heterocycles. The molecule has 0 saturated carbocycles. The van der Waals surface area contributed by atoms with E-state index in [1.165, 1.54) is 0 Å². The molecule has 154 valence electrons. The minimum Gasteiger partial charge on any atom is -0.458 e. The van der Waals surface area contributed by atoms with Crippen LogP contribution in [0.25, 0.3) is 0 Å². The predicted molar refractivity (Wildman–Crippen MR) is 99.2 cm³/mol. The Balaban J connectivity index is 1.85. The van der Waals surface area contributed by atoms with Gasteiger partial charge in [0.25, 0.3) is 11.4 Å². The van der Waals surface area contributed by atoms with E-state index in [1.54, 1.807) is 6.08 Å². The van der Waals surface area contributed by atoms with Crippen LogP contribution >= 0.6 is 0 Å². The molecule has 1 aliphatic heterocycles. The van der Waals surface area contributed by atoms with Crippen molar-refractivity contribution in [3.05, 3.63) is 55.6 Å². The first kappa shape index (κ1) is 20.4. The van der Waals surface area contributed by atoms with E-state index in [1.807, 2.05) is 6.92 Å². The van der Waals surface area contributed by atoms with Crippen LogP contribution < -0.4 is 0 Å². The molecule has 1 aliphatic carbocycles. The van der Waals surface area contributed by atoms with Crippen LogP contribution in [0.1, 0.15) is 49.4 Å². The van der Waals surface area contributed by atoms with E-state index in [9.17, 15) is 29.8 Å². The smallest absolute Gasteiger partial charge is 0.346 e. The lowest BCUT2D eigenvalue weighted by molar-refractivity contribution is -0.389. The van der Waals surface area contributed by atoms with Crippen LogP contribution in [0.3, 0.4) is 0 Å². The van der Waals surface area contributed by atoms with Crippen molar-refractivity contribution in [2.24, 2.45) is 5.92 Å². The van der Waals surface area contributed by atoms with E-state index in [4.69, 9.17) is 9.47 Å². The zero-order chi connectivity index (χ0) is 21.1. The number of unbranched alkanes of at least 4 members (excludes halogenated alkanes) is 1. The molecule has 1 fully saturated rings. The molecule has 10 heteroatoms. The van der Waals surface area contributed by atoms with Crippen molar-refractivity contribution < 1.29 is 28.9 Å². The van der Waals surface area contributed by atoms with Gasteiger partial charge in [-0.1, -0.05) is 13.3 Å². The van der Waals surface area contributed by atoms with Crippen molar-refractivity contribution in [3.63, 3.8) is 0 Å². The zero-order valence-corrected chi connectivity index (χ0v) is 15.7. The fourth-order valence-electron chi connectivity index (χ4n) is 3.67. The third kappa shape index (κ3) is 4.41. The lowest BCUT2D eigenvalue weighted by atomic mass is 9.98. The van der Waals surface area contributed by atoms with Gasteiger partial charge >= 0.3 is 11.9 Å². The van der Waals surface area contributed by atoms with Crippen LogP contribution in [0.5, 0.6) is 0 Å². The van der Waals surface area contributed by atoms with Crippen molar-refractivity contribution in [1.29, 1.82) is 0 Å². The summed E-state index contributed by atoms with van der Waals surface area (Å²) in [5, 5.41) is 22.3. The summed E-state index contributed by atoms with van der Waals surface area (Å²) in [5.41, 5.74) is -0.645. The fourth-order valence-corrected chi connectivity index (χ4v) is 3.67. The third-order valence-electron chi connectivity index (χ3n) is 5.13. The van der Waals surface area contributed by atoms with E-state index in [0.29, 0.717) is 19.3 Å². The molecule has 1 aromatic rings. The van der Waals surface area contributed by atoms with Crippen molar-refractivity contribution in [2.45, 2.75) is 51.2 Å². The first-order valence-electron chi connectivity index (χ1n) is 9.34. The number of hydrogen-bond donors (Lipinski definition) is 0. The van der Waals surface area contributed by atoms with Crippen LogP contribution in [-0.2, 0) is 14.3 Å². The van der Waals surface area contributed by atoms with Gasteiger partial charge in [0.15, 0.2) is 0 Å². The van der Waals surface area contributed by atoms with Crippen molar-refractivity contribution in [2.75, 3.05) is 0 Å². The minimum absolute atomic E-state index is 0.00692. The highest BCUT2D eigenvalue weighted by molar-refractivity contribution is 5.95. The van der Waals surface area contributed by atoms with E-state index in [0.717, 1.165) is 36.6 Å². The number of hydrogen-bond acceptors (Lipinski definition) is 8. The maximum Gasteiger partial charge on any atom is 0.346 e. The van der Waals surface area contributed by atoms with E-state index in [2.05, 4.69) is 0 Å². The summed E-state index contributed by atoms with van der Waals surface area (Å²) in [7, 11) is 0. The Hall–Kier alpha value is -3.30. The van der Waals surface area contributed by atoms with Gasteiger partial charge in [-0.2, -0.15) is 0 Å². The second-order valence-corrected chi connectivity index (χ2v) is 7.12. The van der Waals surface area contributed by atoms with Crippen LogP contribution in [0.4, 0.5) is 11.4 Å². The van der Waals surface area contributed by atoms with Crippen LogP contribution in [0, 0.1) is 26.1 Å². The number of carbonyl (C=O) groups is 2. The molecule has 0 N–H and O–H groups in total. The van der Waals surface area contributed by atoms with Gasteiger partial charge in [-0.25, -0.2) is 4.79 Å². The van der Waals surface area contributed by atoms with E-state index >= 15 is 0 Å². The number of carbonyl (C=O) groups excluding carboxylic acids is 2. The van der Waals surface area contributed by atoms with Gasteiger partial charge in [0, 0.05) is 24.1 Å². The van der Waals surface area contributed by atoms with Crippen LogP contribution in [-0.4, -0.2) is 34.0 Å². The summed E-state index contributed by atoms with van der Waals surface area (Å²) < 4.78 is 10.8. The molecule has 10 nitrogen and oxygen atoms in total. The molecule has 0 radical (unpaired) electrons. The maximum absolute atomic E-state index is 12.7. The number of nitrogens with zero attached hydrogens (tertiary/aromatic N) is 2. The maximum atomic E-state index is 12.7. The lowest BCUT2D eigenvalue weighted by Gasteiger charge is -2.20. The number of benzene rings is 1. The Morgan fingerprint density at radius 2 is 2.03 bits per heavy atom. The molecule has 29 heavy (non-hydrogen) atoms. The second-order valence-electron chi connectivity index (χ2n) is 7.12. The Morgan fingerprint density at radius 3 is 2.66 bits per heavy atom. The molecule has 1 aromatic carbocycles. The number of esters is 2. The summed E-state index contributed by atoms with van der Waals surface area (Å²) in [6.07, 6.45) is 3.75. The molecular formula is C19H20N2O8. The third-order valence-corrected chi connectivity index (χ3v) is 5.13. The normalized spacial score (nSPS) is 21.1. The number of ether oxygens (including phenoxy) is 2. The van der Waals surface area contributed by atoms with E-state index in [-0.39, 0.29) is 18.0 Å². The largest absolute Gasteiger partial charge is 0.458 e. The quantitative estimate of drug-likeness (QED) is 0.278. The highest BCUT2D eigenvalue weighted by atomic mass is 16.6. The van der Waals surface area contributed by atoms with Crippen molar-refractivity contribution >= 4 is 23.3 Å². The van der Waals surface area contributed by atoms with Gasteiger partial charge < -0.3 is 9.47 Å². The monoisotopic (exact) mass is 404 g/mol. The van der Waals surface area contributed by atoms with Gasteiger partial charge in [-0.3, -0.25) is 25.0 Å². The number of nitro benzene ring substituents is 2. The molecular weight excluding hydrogens is 384 g/mol. The highest BCUT2D eigenvalue weighted by Gasteiger charge is 2.41. The van der Waals surface area contributed by atoms with Gasteiger partial charge in [0.2, 0.25) is 0 Å². The van der Waals surface area contributed by atoms with Crippen LogP contribution in [0.2, 0.25) is 0 Å². The fraction of sp³-hybridized carbons (Fsp3) is 0.474. The lowest BCUT2D eigenvalue weighted by Crippen LogP contribution is -2.21. The van der Waals surface area contributed by atoms with Gasteiger partial charge in [-0.15, -0.1) is 0 Å². The number of nitro groups is 2. The molecule has 0 unspecified atom stereocenters. The summed E-state index contributed by atoms with van der Waals surface area (Å²) in [4.78, 5) is 44.9. The highest BCUT2D eigenvalue weighted by Crippen LogP contribution is 2.39. The Kier molecular flexibility index (Phi) is 5.90. The zero-order valence-electron chi connectivity index (χ0n) is 15.7. The van der Waals surface area contributed by atoms with Crippen molar-refractivity contribution in [3.8, 4) is 0 Å². The summed E-state index contributed by atoms with van der Waals surface area (Å²) in [5.74, 6) is -1.24. The molecule has 0 spiro atoms. The number of rotatable bonds is 8. The van der Waals surface area contributed by atoms with Gasteiger partial charge in [-0.05, 0) is 30.9 Å². The SMILES string of the molecule is CCCC[C@@H](OC(=O)c1cc([N+](=O)[O-])ccc1[N+](=O)[O-])C1=C[C@H]2OC(=O)C[C@H]2C1. The van der Waals surface area contributed by atoms with Crippen LogP contribution in [0.15, 0.2) is 29.8 Å². The topological polar surface area (TPSA) is 139 Å². The summed E-state index contributed by atoms with van der Waals surface area (Å²) in [6.45, 7) is 1.98. The second kappa shape index (κ2) is 8.38. The summed E-state index contributed by atoms with van der Waals surface area (Å²) >= 11 is 0. The molecule has 2 aliphatic rings. The Labute approximate surface area is 165 Å². The van der Waals surface area contributed by atoms with Crippen molar-refractivity contribution in [1.82, 2.24) is 0 Å². The standard InChI is InChI=1S/C19H20N2O8/c1-2-3-4-16(11-7-12-9-18(22)28-17(12)8-11)29-19(23)14-10-13(20(24)25)5-6-15(14)21(26)27/h5-6,8,10,12,16-17H,2-4,7,9H2,1H3/t12-,16-,17-/m1/s1. The molecule has 3 rings (SSSR count). The average Bonchev–Trinajstić information content (AvgIpc) is 3.21. The molecule has 1 heterocycles. The number of non-ortho nitro benzene ring substituents is 1. The van der Waals surface area contributed by atoms with Gasteiger partial charge in [0.1, 0.15) is 17.8 Å². The Morgan fingerprint density at radius 1 is 1.28 bits per heavy atom. The number of fused-ring (bicyclic) bond motifs is 1. The first-order chi connectivity index (χ1) is 13.8. The average molecular weight is 404 g/mol. The predicted octanol–water partition coefficient (Wildman–Crippen LogP) is 3.48.